The van der Waals surface area contributed by atoms with Gasteiger partial charge >= 0.3 is 11.9 Å². The number of ether oxygens (including phenoxy) is 2. The first-order valence-corrected chi connectivity index (χ1v) is 13.5. The molecule has 0 radical (unpaired) electrons. The normalized spacial score (nSPS) is 16.6. The molecule has 0 saturated carbocycles. The van der Waals surface area contributed by atoms with Crippen LogP contribution in [0.2, 0.25) is 0 Å². The summed E-state index contributed by atoms with van der Waals surface area (Å²) in [7, 11) is 0. The molecule has 0 aliphatic carbocycles. The van der Waals surface area contributed by atoms with Crippen molar-refractivity contribution in [3.05, 3.63) is 108 Å². The largest absolute Gasteiger partial charge is 0.465 e. The molecule has 1 fully saturated rings. The van der Waals surface area contributed by atoms with Crippen LogP contribution in [0.5, 0.6) is 0 Å². The van der Waals surface area contributed by atoms with Crippen LogP contribution in [0.25, 0.3) is 0 Å². The number of carbonyl (C=O) groups excluding carboxylic acids is 3. The van der Waals surface area contributed by atoms with Crippen molar-refractivity contribution in [2.45, 2.75) is 45.9 Å². The standard InChI is InChI=1S/C32H36N2O5/c1-3-38-30(36)32(31(37)39-4-2)20-29(35)34(23-27-18-12-7-13-19-27)24-28(32)33(21-25-14-8-5-9-15-25)22-26-16-10-6-11-17-26/h5-19,28H,3-4,20-24H2,1-2H3. The van der Waals surface area contributed by atoms with E-state index in [-0.39, 0.29) is 32.1 Å². The summed E-state index contributed by atoms with van der Waals surface area (Å²) in [4.78, 5) is 45.0. The SMILES string of the molecule is CCOC(=O)C1(C(=O)OCC)CC(=O)N(Cc2ccccc2)CC1N(Cc1ccccc1)Cc1ccccc1. The van der Waals surface area contributed by atoms with Crippen LogP contribution in [-0.4, -0.2) is 53.4 Å². The molecular weight excluding hydrogens is 492 g/mol. The summed E-state index contributed by atoms with van der Waals surface area (Å²) in [6, 6.07) is 28.9. The lowest BCUT2D eigenvalue weighted by atomic mass is 9.72. The summed E-state index contributed by atoms with van der Waals surface area (Å²) in [6.45, 7) is 5.06. The molecule has 204 valence electrons. The van der Waals surface area contributed by atoms with Crippen molar-refractivity contribution in [3.8, 4) is 0 Å². The van der Waals surface area contributed by atoms with Crippen molar-refractivity contribution in [2.24, 2.45) is 5.41 Å². The summed E-state index contributed by atoms with van der Waals surface area (Å²) in [5, 5.41) is 0. The lowest BCUT2D eigenvalue weighted by molar-refractivity contribution is -0.187. The van der Waals surface area contributed by atoms with E-state index in [1.165, 1.54) is 0 Å². The number of esters is 2. The van der Waals surface area contributed by atoms with Crippen LogP contribution in [0.15, 0.2) is 91.0 Å². The van der Waals surface area contributed by atoms with E-state index in [0.717, 1.165) is 16.7 Å². The van der Waals surface area contributed by atoms with Crippen molar-refractivity contribution in [2.75, 3.05) is 19.8 Å². The fourth-order valence-corrected chi connectivity index (χ4v) is 5.25. The predicted octanol–water partition coefficient (Wildman–Crippen LogP) is 4.60. The molecule has 3 aromatic rings. The van der Waals surface area contributed by atoms with Gasteiger partial charge in [-0.05, 0) is 30.5 Å². The maximum absolute atomic E-state index is 13.7. The second-order valence-corrected chi connectivity index (χ2v) is 9.74. The monoisotopic (exact) mass is 528 g/mol. The molecule has 4 rings (SSSR count). The van der Waals surface area contributed by atoms with E-state index in [4.69, 9.17) is 9.47 Å². The first kappa shape index (κ1) is 28.0. The molecule has 0 aromatic heterocycles. The van der Waals surface area contributed by atoms with Crippen molar-refractivity contribution in [1.29, 1.82) is 0 Å². The van der Waals surface area contributed by atoms with Crippen molar-refractivity contribution >= 4 is 17.8 Å². The highest BCUT2D eigenvalue weighted by molar-refractivity contribution is 6.05. The molecule has 39 heavy (non-hydrogen) atoms. The number of likely N-dealkylation sites (tertiary alicyclic amines) is 1. The predicted molar refractivity (Wildman–Crippen MR) is 148 cm³/mol. The van der Waals surface area contributed by atoms with E-state index in [2.05, 4.69) is 4.90 Å². The fraction of sp³-hybridized carbons (Fsp3) is 0.344. The van der Waals surface area contributed by atoms with Crippen LogP contribution in [-0.2, 0) is 43.5 Å². The minimum Gasteiger partial charge on any atom is -0.465 e. The van der Waals surface area contributed by atoms with Gasteiger partial charge in [-0.3, -0.25) is 19.3 Å². The van der Waals surface area contributed by atoms with Crippen LogP contribution in [0.1, 0.15) is 37.0 Å². The summed E-state index contributed by atoms with van der Waals surface area (Å²) < 4.78 is 11.0. The highest BCUT2D eigenvalue weighted by Gasteiger charge is 2.61. The summed E-state index contributed by atoms with van der Waals surface area (Å²) in [5.74, 6) is -1.71. The lowest BCUT2D eigenvalue weighted by Crippen LogP contribution is -2.66. The van der Waals surface area contributed by atoms with E-state index in [9.17, 15) is 14.4 Å². The Bertz CT molecular complexity index is 1170. The van der Waals surface area contributed by atoms with Gasteiger partial charge in [-0.25, -0.2) is 0 Å². The van der Waals surface area contributed by atoms with E-state index in [1.807, 2.05) is 91.0 Å². The Labute approximate surface area is 230 Å². The summed E-state index contributed by atoms with van der Waals surface area (Å²) >= 11 is 0. The zero-order valence-electron chi connectivity index (χ0n) is 22.6. The quantitative estimate of drug-likeness (QED) is 0.267. The summed E-state index contributed by atoms with van der Waals surface area (Å²) in [5.41, 5.74) is 1.24. The second kappa shape index (κ2) is 13.2. The molecule has 7 heteroatoms. The van der Waals surface area contributed by atoms with E-state index in [0.29, 0.717) is 19.6 Å². The molecule has 3 aromatic carbocycles. The number of rotatable bonds is 11. The Balaban J connectivity index is 1.81. The van der Waals surface area contributed by atoms with E-state index >= 15 is 0 Å². The molecule has 1 aliphatic rings. The maximum atomic E-state index is 13.7. The highest BCUT2D eigenvalue weighted by atomic mass is 16.6. The third kappa shape index (κ3) is 6.55. The van der Waals surface area contributed by atoms with Gasteiger partial charge in [0.05, 0.1) is 25.7 Å². The third-order valence-corrected chi connectivity index (χ3v) is 7.14. The van der Waals surface area contributed by atoms with Crippen LogP contribution >= 0.6 is 0 Å². The second-order valence-electron chi connectivity index (χ2n) is 9.74. The van der Waals surface area contributed by atoms with Crippen LogP contribution in [0.4, 0.5) is 0 Å². The number of carbonyl (C=O) groups is 3. The van der Waals surface area contributed by atoms with Crippen molar-refractivity contribution in [3.63, 3.8) is 0 Å². The zero-order valence-corrected chi connectivity index (χ0v) is 22.6. The molecule has 0 spiro atoms. The third-order valence-electron chi connectivity index (χ3n) is 7.14. The Morgan fingerprint density at radius 2 is 1.21 bits per heavy atom. The fourth-order valence-electron chi connectivity index (χ4n) is 5.25. The van der Waals surface area contributed by atoms with Gasteiger partial charge in [-0.2, -0.15) is 0 Å². The molecular formula is C32H36N2O5. The smallest absolute Gasteiger partial charge is 0.325 e. The Morgan fingerprint density at radius 1 is 0.769 bits per heavy atom. The molecule has 1 unspecified atom stereocenters. The van der Waals surface area contributed by atoms with Crippen molar-refractivity contribution in [1.82, 2.24) is 9.80 Å². The number of hydrogen-bond donors (Lipinski definition) is 0. The van der Waals surface area contributed by atoms with Crippen LogP contribution in [0.3, 0.4) is 0 Å². The average Bonchev–Trinajstić information content (AvgIpc) is 2.95. The van der Waals surface area contributed by atoms with Gasteiger partial charge in [0.1, 0.15) is 0 Å². The number of benzene rings is 3. The van der Waals surface area contributed by atoms with Gasteiger partial charge in [-0.1, -0.05) is 91.0 Å². The molecule has 1 heterocycles. The summed E-state index contributed by atoms with van der Waals surface area (Å²) in [6.07, 6.45) is -0.317. The number of nitrogens with zero attached hydrogens (tertiary/aromatic N) is 2. The first-order chi connectivity index (χ1) is 19.0. The maximum Gasteiger partial charge on any atom is 0.325 e. The van der Waals surface area contributed by atoms with Crippen LogP contribution in [0, 0.1) is 5.41 Å². The average molecular weight is 529 g/mol. The Kier molecular flexibility index (Phi) is 9.49. The van der Waals surface area contributed by atoms with E-state index in [1.54, 1.807) is 18.7 Å². The molecule has 1 atom stereocenters. The van der Waals surface area contributed by atoms with Gasteiger partial charge in [0.25, 0.3) is 0 Å². The van der Waals surface area contributed by atoms with Gasteiger partial charge in [0, 0.05) is 26.2 Å². The lowest BCUT2D eigenvalue weighted by Gasteiger charge is -2.48. The van der Waals surface area contributed by atoms with Crippen LogP contribution < -0.4 is 0 Å². The Morgan fingerprint density at radius 3 is 1.64 bits per heavy atom. The zero-order chi connectivity index (χ0) is 27.7. The van der Waals surface area contributed by atoms with Gasteiger partial charge < -0.3 is 14.4 Å². The highest BCUT2D eigenvalue weighted by Crippen LogP contribution is 2.40. The van der Waals surface area contributed by atoms with E-state index < -0.39 is 23.4 Å². The van der Waals surface area contributed by atoms with Crippen molar-refractivity contribution < 1.29 is 23.9 Å². The molecule has 0 bridgehead atoms. The first-order valence-electron chi connectivity index (χ1n) is 13.5. The number of piperidine rings is 1. The van der Waals surface area contributed by atoms with Gasteiger partial charge in [0.2, 0.25) is 5.91 Å². The molecule has 0 N–H and O–H groups in total. The molecule has 7 nitrogen and oxygen atoms in total. The topological polar surface area (TPSA) is 76.2 Å². The minimum absolute atomic E-state index is 0.0893. The Hall–Kier alpha value is -3.97. The molecule has 1 saturated heterocycles. The molecule has 1 amide bonds. The number of amides is 1. The van der Waals surface area contributed by atoms with Gasteiger partial charge in [-0.15, -0.1) is 0 Å². The number of hydrogen-bond acceptors (Lipinski definition) is 6. The van der Waals surface area contributed by atoms with Gasteiger partial charge in [0.15, 0.2) is 5.41 Å². The minimum atomic E-state index is -1.79. The molecule has 1 aliphatic heterocycles.